The first-order valence-corrected chi connectivity index (χ1v) is 8.99. The van der Waals surface area contributed by atoms with E-state index in [1.165, 1.54) is 0 Å². The SMILES string of the molecule is CSc1ccccc1NC(=O)[C@@H]1C2CCC(CC2)[C@@H]1C(=O)[O-]. The molecular weight excluding hydrogens is 298 g/mol. The Hall–Kier alpha value is -1.49. The molecule has 0 spiro atoms. The second kappa shape index (κ2) is 6.32. The Kier molecular flexibility index (Phi) is 4.43. The normalized spacial score (nSPS) is 30.0. The number of fused-ring (bicyclic) bond motifs is 3. The van der Waals surface area contributed by atoms with Gasteiger partial charge in [0.25, 0.3) is 0 Å². The molecule has 3 aliphatic carbocycles. The zero-order valence-electron chi connectivity index (χ0n) is 12.6. The van der Waals surface area contributed by atoms with Gasteiger partial charge in [-0.3, -0.25) is 4.79 Å². The van der Waals surface area contributed by atoms with Gasteiger partial charge in [-0.25, -0.2) is 0 Å². The van der Waals surface area contributed by atoms with Crippen LogP contribution in [0.1, 0.15) is 25.7 Å². The van der Waals surface area contributed by atoms with E-state index in [1.54, 1.807) is 11.8 Å². The molecule has 3 fully saturated rings. The van der Waals surface area contributed by atoms with E-state index in [4.69, 9.17) is 0 Å². The average molecular weight is 318 g/mol. The molecule has 2 bridgehead atoms. The first-order valence-electron chi connectivity index (χ1n) is 7.76. The smallest absolute Gasteiger partial charge is 0.228 e. The lowest BCUT2D eigenvalue weighted by atomic mass is 9.58. The highest BCUT2D eigenvalue weighted by atomic mass is 32.2. The van der Waals surface area contributed by atoms with Crippen LogP contribution in [0.15, 0.2) is 29.2 Å². The van der Waals surface area contributed by atoms with Crippen molar-refractivity contribution in [1.82, 2.24) is 0 Å². The minimum absolute atomic E-state index is 0.0987. The molecule has 4 nitrogen and oxygen atoms in total. The van der Waals surface area contributed by atoms with Gasteiger partial charge in [0.2, 0.25) is 5.91 Å². The Morgan fingerprint density at radius 2 is 1.68 bits per heavy atom. The predicted molar refractivity (Wildman–Crippen MR) is 84.3 cm³/mol. The highest BCUT2D eigenvalue weighted by molar-refractivity contribution is 7.98. The van der Waals surface area contributed by atoms with Crippen molar-refractivity contribution in [3.05, 3.63) is 24.3 Å². The van der Waals surface area contributed by atoms with Crippen LogP contribution < -0.4 is 10.4 Å². The number of hydrogen-bond donors (Lipinski definition) is 1. The number of aliphatic carboxylic acids is 1. The van der Waals surface area contributed by atoms with Gasteiger partial charge >= 0.3 is 0 Å². The Balaban J connectivity index is 1.82. The fourth-order valence-corrected chi connectivity index (χ4v) is 4.68. The number of anilines is 1. The molecule has 0 aliphatic heterocycles. The van der Waals surface area contributed by atoms with Crippen LogP contribution in [0.3, 0.4) is 0 Å². The van der Waals surface area contributed by atoms with Gasteiger partial charge in [-0.1, -0.05) is 12.1 Å². The third kappa shape index (κ3) is 2.74. The van der Waals surface area contributed by atoms with Crippen molar-refractivity contribution in [3.8, 4) is 0 Å². The Bertz CT molecular complexity index is 581. The molecule has 1 amide bonds. The molecule has 0 radical (unpaired) electrons. The van der Waals surface area contributed by atoms with Gasteiger partial charge in [-0.15, -0.1) is 11.8 Å². The van der Waals surface area contributed by atoms with Gasteiger partial charge in [0.1, 0.15) is 0 Å². The number of thioether (sulfide) groups is 1. The highest BCUT2D eigenvalue weighted by Crippen LogP contribution is 2.49. The lowest BCUT2D eigenvalue weighted by Crippen LogP contribution is -2.52. The van der Waals surface area contributed by atoms with Gasteiger partial charge in [0, 0.05) is 22.7 Å². The maximum absolute atomic E-state index is 12.7. The summed E-state index contributed by atoms with van der Waals surface area (Å²) in [6, 6.07) is 7.61. The van der Waals surface area contributed by atoms with Gasteiger partial charge in [0.05, 0.1) is 5.69 Å². The molecule has 1 N–H and O–H groups in total. The van der Waals surface area contributed by atoms with E-state index in [0.29, 0.717) is 0 Å². The standard InChI is InChI=1S/C17H21NO3S/c1-22-13-5-3-2-4-12(13)18-16(19)14-10-6-8-11(9-7-10)15(14)17(20)21/h2-5,10-11,14-15H,6-9H2,1H3,(H,18,19)(H,20,21)/p-1/t10?,11?,14-,15+/m1/s1. The predicted octanol–water partition coefficient (Wildman–Crippen LogP) is 2.15. The van der Waals surface area contributed by atoms with Crippen molar-refractivity contribution in [1.29, 1.82) is 0 Å². The molecule has 0 saturated heterocycles. The monoisotopic (exact) mass is 318 g/mol. The van der Waals surface area contributed by atoms with Crippen molar-refractivity contribution >= 4 is 29.3 Å². The number of para-hydroxylation sites is 1. The maximum Gasteiger partial charge on any atom is 0.228 e. The zero-order chi connectivity index (χ0) is 15.7. The number of carbonyl (C=O) groups is 2. The summed E-state index contributed by atoms with van der Waals surface area (Å²) in [6.45, 7) is 0. The van der Waals surface area contributed by atoms with Crippen LogP contribution in [0.25, 0.3) is 0 Å². The Morgan fingerprint density at radius 3 is 2.27 bits per heavy atom. The number of carboxylic acid groups (broad SMARTS) is 1. The minimum atomic E-state index is -1.06. The molecule has 1 aromatic rings. The fourth-order valence-electron chi connectivity index (χ4n) is 4.13. The van der Waals surface area contributed by atoms with E-state index in [9.17, 15) is 14.7 Å². The van der Waals surface area contributed by atoms with Crippen LogP contribution in [-0.4, -0.2) is 18.1 Å². The second-order valence-electron chi connectivity index (χ2n) is 6.23. The van der Waals surface area contributed by atoms with Gasteiger partial charge in [-0.05, 0) is 55.9 Å². The number of carboxylic acids is 1. The van der Waals surface area contributed by atoms with E-state index < -0.39 is 17.8 Å². The molecule has 1 aromatic carbocycles. The largest absolute Gasteiger partial charge is 0.550 e. The van der Waals surface area contributed by atoms with E-state index in [-0.39, 0.29) is 17.7 Å². The summed E-state index contributed by atoms with van der Waals surface area (Å²) in [7, 11) is 0. The van der Waals surface area contributed by atoms with Crippen molar-refractivity contribution in [2.45, 2.75) is 30.6 Å². The topological polar surface area (TPSA) is 69.2 Å². The van der Waals surface area contributed by atoms with Crippen molar-refractivity contribution in [2.24, 2.45) is 23.7 Å². The molecule has 0 heterocycles. The Labute approximate surface area is 134 Å². The average Bonchev–Trinajstić information content (AvgIpc) is 2.55. The summed E-state index contributed by atoms with van der Waals surface area (Å²) in [5.41, 5.74) is 0.763. The molecule has 2 atom stereocenters. The van der Waals surface area contributed by atoms with Crippen LogP contribution in [0.5, 0.6) is 0 Å². The third-order valence-electron chi connectivity index (χ3n) is 5.16. The van der Waals surface area contributed by atoms with Crippen LogP contribution in [-0.2, 0) is 9.59 Å². The summed E-state index contributed by atoms with van der Waals surface area (Å²) in [6.07, 6.45) is 5.69. The molecule has 5 heteroatoms. The van der Waals surface area contributed by atoms with Crippen LogP contribution >= 0.6 is 11.8 Å². The number of benzene rings is 1. The minimum Gasteiger partial charge on any atom is -0.550 e. The summed E-state index contributed by atoms with van der Waals surface area (Å²) in [5.74, 6) is -2.03. The van der Waals surface area contributed by atoms with Crippen molar-refractivity contribution in [3.63, 3.8) is 0 Å². The van der Waals surface area contributed by atoms with Crippen molar-refractivity contribution < 1.29 is 14.7 Å². The summed E-state index contributed by atoms with van der Waals surface area (Å²) in [4.78, 5) is 25.3. The van der Waals surface area contributed by atoms with Gasteiger partial charge < -0.3 is 15.2 Å². The zero-order valence-corrected chi connectivity index (χ0v) is 13.4. The quantitative estimate of drug-likeness (QED) is 0.864. The molecule has 3 aliphatic rings. The van der Waals surface area contributed by atoms with Gasteiger partial charge in [-0.2, -0.15) is 0 Å². The Morgan fingerprint density at radius 1 is 1.09 bits per heavy atom. The lowest BCUT2D eigenvalue weighted by Gasteiger charge is -2.48. The summed E-state index contributed by atoms with van der Waals surface area (Å²) < 4.78 is 0. The maximum atomic E-state index is 12.7. The highest BCUT2D eigenvalue weighted by Gasteiger charge is 2.47. The summed E-state index contributed by atoms with van der Waals surface area (Å²) >= 11 is 1.56. The van der Waals surface area contributed by atoms with Crippen LogP contribution in [0.4, 0.5) is 5.69 Å². The van der Waals surface area contributed by atoms with Gasteiger partial charge in [0.15, 0.2) is 0 Å². The van der Waals surface area contributed by atoms with E-state index >= 15 is 0 Å². The number of amides is 1. The molecule has 0 aromatic heterocycles. The first kappa shape index (κ1) is 15.4. The molecule has 3 saturated carbocycles. The number of rotatable bonds is 4. The second-order valence-corrected chi connectivity index (χ2v) is 7.08. The van der Waals surface area contributed by atoms with E-state index in [2.05, 4.69) is 5.32 Å². The van der Waals surface area contributed by atoms with E-state index in [0.717, 1.165) is 36.3 Å². The number of hydrogen-bond acceptors (Lipinski definition) is 4. The molecule has 4 rings (SSSR count). The fraction of sp³-hybridized carbons (Fsp3) is 0.529. The number of nitrogens with one attached hydrogen (secondary N) is 1. The first-order chi connectivity index (χ1) is 10.6. The molecule has 0 unspecified atom stereocenters. The summed E-state index contributed by atoms with van der Waals surface area (Å²) in [5, 5.41) is 14.5. The van der Waals surface area contributed by atoms with Crippen LogP contribution in [0.2, 0.25) is 0 Å². The van der Waals surface area contributed by atoms with Crippen LogP contribution in [0, 0.1) is 23.7 Å². The van der Waals surface area contributed by atoms with Crippen molar-refractivity contribution in [2.75, 3.05) is 11.6 Å². The molecule has 118 valence electrons. The number of carbonyl (C=O) groups excluding carboxylic acids is 2. The van der Waals surface area contributed by atoms with E-state index in [1.807, 2.05) is 30.5 Å². The molecule has 22 heavy (non-hydrogen) atoms. The molecular formula is C17H20NO3S-. The lowest BCUT2D eigenvalue weighted by molar-refractivity contribution is -0.318. The third-order valence-corrected chi connectivity index (χ3v) is 5.95.